The normalized spacial score (nSPS) is 11.5. The first-order valence-corrected chi connectivity index (χ1v) is 13.6. The summed E-state index contributed by atoms with van der Waals surface area (Å²) in [6.45, 7) is 7.69. The number of hydrogen-bond donors (Lipinski definition) is 2. The first kappa shape index (κ1) is 27.7. The topological polar surface area (TPSA) is 105 Å². The third-order valence-electron chi connectivity index (χ3n) is 5.71. The van der Waals surface area contributed by atoms with E-state index in [1.165, 1.54) is 7.11 Å². The van der Waals surface area contributed by atoms with Gasteiger partial charge in [-0.25, -0.2) is 8.42 Å². The van der Waals surface area contributed by atoms with Gasteiger partial charge in [-0.2, -0.15) is 0 Å². The van der Waals surface area contributed by atoms with Gasteiger partial charge in [-0.1, -0.05) is 45.0 Å². The van der Waals surface area contributed by atoms with Gasteiger partial charge >= 0.3 is 0 Å². The van der Waals surface area contributed by atoms with Crippen molar-refractivity contribution in [1.29, 1.82) is 0 Å². The van der Waals surface area contributed by atoms with Crippen LogP contribution in [0.3, 0.4) is 0 Å². The second kappa shape index (κ2) is 11.0. The number of methoxy groups -OCH3 is 1. The van der Waals surface area contributed by atoms with Crippen molar-refractivity contribution < 1.29 is 22.7 Å². The fourth-order valence-electron chi connectivity index (χ4n) is 3.71. The van der Waals surface area contributed by atoms with Crippen LogP contribution in [0.4, 0.5) is 17.1 Å². The summed E-state index contributed by atoms with van der Waals surface area (Å²) < 4.78 is 31.4. The van der Waals surface area contributed by atoms with Crippen molar-refractivity contribution in [3.8, 4) is 5.75 Å². The number of rotatable bonds is 8. The van der Waals surface area contributed by atoms with Crippen molar-refractivity contribution in [1.82, 2.24) is 0 Å². The van der Waals surface area contributed by atoms with Gasteiger partial charge in [-0.05, 0) is 65.9 Å². The Morgan fingerprint density at radius 1 is 0.919 bits per heavy atom. The Bertz CT molecular complexity index is 1390. The second-order valence-electron chi connectivity index (χ2n) is 9.86. The largest absolute Gasteiger partial charge is 0.495 e. The number of sulfonamides is 1. The third-order valence-corrected chi connectivity index (χ3v) is 6.83. The molecule has 37 heavy (non-hydrogen) atoms. The van der Waals surface area contributed by atoms with E-state index < -0.39 is 22.5 Å². The van der Waals surface area contributed by atoms with Crippen LogP contribution in [0, 0.1) is 6.92 Å². The van der Waals surface area contributed by atoms with Crippen molar-refractivity contribution in [3.05, 3.63) is 83.4 Å². The summed E-state index contributed by atoms with van der Waals surface area (Å²) in [5.41, 5.74) is 3.62. The van der Waals surface area contributed by atoms with Crippen molar-refractivity contribution in [2.45, 2.75) is 33.1 Å². The Morgan fingerprint density at radius 3 is 2.11 bits per heavy atom. The van der Waals surface area contributed by atoms with Gasteiger partial charge in [0.1, 0.15) is 12.3 Å². The van der Waals surface area contributed by atoms with E-state index >= 15 is 0 Å². The molecule has 0 aromatic heterocycles. The van der Waals surface area contributed by atoms with Gasteiger partial charge in [-0.3, -0.25) is 13.9 Å². The predicted octanol–water partition coefficient (Wildman–Crippen LogP) is 4.96. The van der Waals surface area contributed by atoms with E-state index in [-0.39, 0.29) is 17.0 Å². The highest BCUT2D eigenvalue weighted by Gasteiger charge is 2.24. The van der Waals surface area contributed by atoms with Gasteiger partial charge < -0.3 is 15.4 Å². The molecule has 3 aromatic rings. The Kier molecular flexibility index (Phi) is 8.28. The molecular weight excluding hydrogens is 490 g/mol. The van der Waals surface area contributed by atoms with E-state index in [1.807, 2.05) is 19.1 Å². The van der Waals surface area contributed by atoms with E-state index in [9.17, 15) is 18.0 Å². The molecule has 0 heterocycles. The molecule has 0 atom stereocenters. The highest BCUT2D eigenvalue weighted by atomic mass is 32.2. The van der Waals surface area contributed by atoms with Crippen LogP contribution in [-0.4, -0.2) is 40.1 Å². The Hall–Kier alpha value is -3.85. The number of nitrogens with zero attached hydrogens (tertiary/aromatic N) is 1. The Labute approximate surface area is 218 Å². The molecule has 2 N–H and O–H groups in total. The van der Waals surface area contributed by atoms with E-state index in [0.717, 1.165) is 21.7 Å². The molecule has 9 heteroatoms. The number of amides is 2. The molecule has 2 amide bonds. The first-order chi connectivity index (χ1) is 17.3. The number of carbonyl (C=O) groups excluding carboxylic acids is 2. The quantitative estimate of drug-likeness (QED) is 0.434. The summed E-state index contributed by atoms with van der Waals surface area (Å²) in [5.74, 6) is -0.488. The number of hydrogen-bond acceptors (Lipinski definition) is 5. The standard InChI is InChI=1S/C28H33N3O5S/c1-19-10-15-25(36-5)24(16-19)31(37(6,34)35)18-26(32)29-22-8-7-9-23(17-22)30-27(33)20-11-13-21(14-12-20)28(2,3)4/h7-17H,18H2,1-6H3,(H,29,32)(H,30,33). The van der Waals surface area contributed by atoms with E-state index in [1.54, 1.807) is 54.6 Å². The third kappa shape index (κ3) is 7.33. The monoisotopic (exact) mass is 523 g/mol. The van der Waals surface area contributed by atoms with Crippen LogP contribution in [0.25, 0.3) is 0 Å². The molecule has 0 spiro atoms. The molecule has 0 aliphatic rings. The summed E-state index contributed by atoms with van der Waals surface area (Å²) in [7, 11) is -2.35. The van der Waals surface area contributed by atoms with Gasteiger partial charge in [-0.15, -0.1) is 0 Å². The maximum absolute atomic E-state index is 12.8. The SMILES string of the molecule is COc1ccc(C)cc1N(CC(=O)Nc1cccc(NC(=O)c2ccc(C(C)(C)C)cc2)c1)S(C)(=O)=O. The minimum atomic E-state index is -3.79. The van der Waals surface area contributed by atoms with Crippen LogP contribution >= 0.6 is 0 Å². The fourth-order valence-corrected chi connectivity index (χ4v) is 4.56. The van der Waals surface area contributed by atoms with Crippen LogP contribution in [0.1, 0.15) is 42.3 Å². The number of aryl methyl sites for hydroxylation is 1. The molecule has 3 rings (SSSR count). The Balaban J connectivity index is 1.73. The lowest BCUT2D eigenvalue weighted by Gasteiger charge is -2.24. The van der Waals surface area contributed by atoms with Crippen molar-refractivity contribution in [2.75, 3.05) is 34.8 Å². The molecule has 0 aliphatic heterocycles. The molecule has 196 valence electrons. The number of ether oxygens (including phenoxy) is 1. The average molecular weight is 524 g/mol. The molecule has 0 aliphatic carbocycles. The molecule has 8 nitrogen and oxygen atoms in total. The zero-order valence-electron chi connectivity index (χ0n) is 22.0. The van der Waals surface area contributed by atoms with Gasteiger partial charge in [0.2, 0.25) is 15.9 Å². The number of benzene rings is 3. The van der Waals surface area contributed by atoms with Gasteiger partial charge in [0, 0.05) is 16.9 Å². The summed E-state index contributed by atoms with van der Waals surface area (Å²) in [6.07, 6.45) is 1.03. The zero-order valence-corrected chi connectivity index (χ0v) is 22.8. The van der Waals surface area contributed by atoms with Gasteiger partial charge in [0.15, 0.2) is 0 Å². The minimum Gasteiger partial charge on any atom is -0.495 e. The van der Waals surface area contributed by atoms with Crippen LogP contribution < -0.4 is 19.7 Å². The van der Waals surface area contributed by atoms with Crippen LogP contribution in [0.2, 0.25) is 0 Å². The fraction of sp³-hybridized carbons (Fsp3) is 0.286. The van der Waals surface area contributed by atoms with E-state index in [0.29, 0.717) is 22.7 Å². The molecule has 3 aromatic carbocycles. The van der Waals surface area contributed by atoms with E-state index in [4.69, 9.17) is 4.74 Å². The summed E-state index contributed by atoms with van der Waals surface area (Å²) in [5, 5.41) is 5.54. The maximum atomic E-state index is 12.8. The van der Waals surface area contributed by atoms with Gasteiger partial charge in [0.25, 0.3) is 5.91 Å². The van der Waals surface area contributed by atoms with E-state index in [2.05, 4.69) is 31.4 Å². The lowest BCUT2D eigenvalue weighted by Crippen LogP contribution is -2.37. The van der Waals surface area contributed by atoms with Crippen LogP contribution in [0.5, 0.6) is 5.75 Å². The first-order valence-electron chi connectivity index (χ1n) is 11.7. The number of carbonyl (C=O) groups is 2. The van der Waals surface area contributed by atoms with Crippen LogP contribution in [0.15, 0.2) is 66.7 Å². The summed E-state index contributed by atoms with van der Waals surface area (Å²) >= 11 is 0. The highest BCUT2D eigenvalue weighted by Crippen LogP contribution is 2.31. The van der Waals surface area contributed by atoms with Crippen molar-refractivity contribution >= 4 is 38.9 Å². The molecule has 0 unspecified atom stereocenters. The minimum absolute atomic E-state index is 0.0152. The molecular formula is C28H33N3O5S. The highest BCUT2D eigenvalue weighted by molar-refractivity contribution is 7.92. The Morgan fingerprint density at radius 2 is 1.54 bits per heavy atom. The zero-order chi connectivity index (χ0) is 27.4. The lowest BCUT2D eigenvalue weighted by molar-refractivity contribution is -0.114. The average Bonchev–Trinajstić information content (AvgIpc) is 2.81. The number of anilines is 3. The summed E-state index contributed by atoms with van der Waals surface area (Å²) in [4.78, 5) is 25.6. The predicted molar refractivity (Wildman–Crippen MR) is 148 cm³/mol. The second-order valence-corrected chi connectivity index (χ2v) is 11.8. The van der Waals surface area contributed by atoms with Crippen molar-refractivity contribution in [3.63, 3.8) is 0 Å². The van der Waals surface area contributed by atoms with Crippen molar-refractivity contribution in [2.24, 2.45) is 0 Å². The molecule has 0 saturated carbocycles. The molecule has 0 radical (unpaired) electrons. The molecule has 0 saturated heterocycles. The maximum Gasteiger partial charge on any atom is 0.255 e. The molecule has 0 bridgehead atoms. The summed E-state index contributed by atoms with van der Waals surface area (Å²) in [6, 6.07) is 19.2. The van der Waals surface area contributed by atoms with Crippen LogP contribution in [-0.2, 0) is 20.2 Å². The number of nitrogens with one attached hydrogen (secondary N) is 2. The smallest absolute Gasteiger partial charge is 0.255 e. The molecule has 0 fully saturated rings. The van der Waals surface area contributed by atoms with Gasteiger partial charge in [0.05, 0.1) is 19.1 Å². The lowest BCUT2D eigenvalue weighted by atomic mass is 9.87.